The summed E-state index contributed by atoms with van der Waals surface area (Å²) in [4.78, 5) is 26.8. The van der Waals surface area contributed by atoms with Crippen LogP contribution in [0.4, 0.5) is 0 Å². The number of carbonyl (C=O) groups is 2. The molecule has 24 heavy (non-hydrogen) atoms. The fourth-order valence-electron chi connectivity index (χ4n) is 5.04. The molecule has 0 unspecified atom stereocenters. The van der Waals surface area contributed by atoms with E-state index < -0.39 is 0 Å². The van der Waals surface area contributed by atoms with E-state index in [9.17, 15) is 9.59 Å². The van der Waals surface area contributed by atoms with Gasteiger partial charge in [0.2, 0.25) is 11.8 Å². The largest absolute Gasteiger partial charge is 0.377 e. The zero-order chi connectivity index (χ0) is 16.9. The average molecular weight is 334 g/mol. The maximum Gasteiger partial charge on any atom is 0.225 e. The maximum atomic E-state index is 12.7. The Morgan fingerprint density at radius 1 is 1.04 bits per heavy atom. The van der Waals surface area contributed by atoms with E-state index >= 15 is 0 Å². The van der Waals surface area contributed by atoms with Gasteiger partial charge in [0.1, 0.15) is 0 Å². The second-order valence-corrected chi connectivity index (χ2v) is 8.78. The van der Waals surface area contributed by atoms with Crippen LogP contribution in [-0.4, -0.2) is 48.6 Å². The molecule has 5 heteroatoms. The second kappa shape index (κ2) is 6.01. The Morgan fingerprint density at radius 3 is 2.42 bits per heavy atom. The number of hydrogen-bond donors (Lipinski definition) is 1. The van der Waals surface area contributed by atoms with Crippen LogP contribution in [-0.2, 0) is 14.3 Å². The molecule has 0 radical (unpaired) electrons. The Hall–Kier alpha value is -1.10. The number of nitrogens with zero attached hydrogens (tertiary/aromatic N) is 1. The van der Waals surface area contributed by atoms with Gasteiger partial charge in [-0.15, -0.1) is 0 Å². The van der Waals surface area contributed by atoms with Crippen molar-refractivity contribution in [3.8, 4) is 0 Å². The fourth-order valence-corrected chi connectivity index (χ4v) is 5.04. The van der Waals surface area contributed by atoms with Crippen molar-refractivity contribution in [3.05, 3.63) is 0 Å². The zero-order valence-electron chi connectivity index (χ0n) is 14.9. The quantitative estimate of drug-likeness (QED) is 0.858. The molecule has 1 N–H and O–H groups in total. The van der Waals surface area contributed by atoms with Gasteiger partial charge < -0.3 is 15.0 Å². The van der Waals surface area contributed by atoms with Crippen LogP contribution in [0.1, 0.15) is 52.4 Å². The van der Waals surface area contributed by atoms with Crippen LogP contribution < -0.4 is 5.32 Å². The molecule has 2 aliphatic heterocycles. The number of hydrogen-bond acceptors (Lipinski definition) is 3. The van der Waals surface area contributed by atoms with Crippen molar-refractivity contribution < 1.29 is 14.3 Å². The van der Waals surface area contributed by atoms with Crippen LogP contribution in [0.25, 0.3) is 0 Å². The van der Waals surface area contributed by atoms with Gasteiger partial charge in [-0.3, -0.25) is 9.59 Å². The van der Waals surface area contributed by atoms with Crippen LogP contribution in [0.3, 0.4) is 0 Å². The summed E-state index contributed by atoms with van der Waals surface area (Å²) in [6.07, 6.45) is 6.29. The van der Waals surface area contributed by atoms with Gasteiger partial charge in [0.15, 0.2) is 0 Å². The molecule has 2 aliphatic carbocycles. The molecule has 2 saturated carbocycles. The molecular weight excluding hydrogens is 304 g/mol. The first-order valence-electron chi connectivity index (χ1n) is 9.69. The van der Waals surface area contributed by atoms with E-state index in [0.29, 0.717) is 17.9 Å². The zero-order valence-corrected chi connectivity index (χ0v) is 14.9. The number of nitrogens with one attached hydrogen (secondary N) is 1. The van der Waals surface area contributed by atoms with E-state index in [1.807, 2.05) is 4.90 Å². The summed E-state index contributed by atoms with van der Waals surface area (Å²) in [6, 6.07) is 0.237. The minimum Gasteiger partial charge on any atom is -0.377 e. The molecule has 4 aliphatic rings. The number of amides is 2. The molecule has 3 atom stereocenters. The van der Waals surface area contributed by atoms with E-state index in [2.05, 4.69) is 19.2 Å². The standard InChI is InChI=1S/C19H30N2O3/c1-19(2)15(14-4-3-11-24-16(14)19)20-17(22)12-7-9-21(10-8-12)18(23)13-5-6-13/h12-16H,3-11H2,1-2H3,(H,20,22)/t14-,15-,16+/m1/s1. The summed E-state index contributed by atoms with van der Waals surface area (Å²) in [7, 11) is 0. The minimum absolute atomic E-state index is 0.0311. The van der Waals surface area contributed by atoms with E-state index in [4.69, 9.17) is 4.74 Å². The van der Waals surface area contributed by atoms with E-state index in [1.165, 1.54) is 0 Å². The number of likely N-dealkylation sites (tertiary alicyclic amines) is 1. The lowest BCUT2D eigenvalue weighted by atomic mass is 9.55. The molecule has 0 spiro atoms. The molecule has 4 rings (SSSR count). The molecule has 134 valence electrons. The number of fused-ring (bicyclic) bond motifs is 1. The first kappa shape index (κ1) is 16.4. The molecule has 4 fully saturated rings. The molecule has 2 heterocycles. The van der Waals surface area contributed by atoms with Gasteiger partial charge in [-0.05, 0) is 38.5 Å². The van der Waals surface area contributed by atoms with Crippen LogP contribution in [0.15, 0.2) is 0 Å². The van der Waals surface area contributed by atoms with Crippen molar-refractivity contribution in [2.45, 2.75) is 64.5 Å². The number of piperidine rings is 1. The molecular formula is C19H30N2O3. The van der Waals surface area contributed by atoms with Crippen LogP contribution in [0.2, 0.25) is 0 Å². The highest BCUT2D eigenvalue weighted by molar-refractivity contribution is 5.82. The van der Waals surface area contributed by atoms with Crippen molar-refractivity contribution in [2.75, 3.05) is 19.7 Å². The summed E-state index contributed by atoms with van der Waals surface area (Å²) in [5.41, 5.74) is 0.0311. The van der Waals surface area contributed by atoms with E-state index in [-0.39, 0.29) is 29.2 Å². The third kappa shape index (κ3) is 2.75. The van der Waals surface area contributed by atoms with Gasteiger partial charge in [0, 0.05) is 48.9 Å². The topological polar surface area (TPSA) is 58.6 Å². The van der Waals surface area contributed by atoms with Gasteiger partial charge in [-0.2, -0.15) is 0 Å². The SMILES string of the molecule is CC1(C)[C@H](NC(=O)C2CCN(C(=O)C3CC3)CC2)[C@H]2CCCO[C@@H]21. The third-order valence-corrected chi connectivity index (χ3v) is 6.73. The van der Waals surface area contributed by atoms with Crippen LogP contribution >= 0.6 is 0 Å². The Morgan fingerprint density at radius 2 is 1.75 bits per heavy atom. The highest BCUT2D eigenvalue weighted by Crippen LogP contribution is 2.51. The maximum absolute atomic E-state index is 12.7. The lowest BCUT2D eigenvalue weighted by molar-refractivity contribution is -0.194. The predicted molar refractivity (Wildman–Crippen MR) is 90.2 cm³/mol. The van der Waals surface area contributed by atoms with E-state index in [0.717, 1.165) is 58.2 Å². The predicted octanol–water partition coefficient (Wildman–Crippen LogP) is 1.95. The highest BCUT2D eigenvalue weighted by Gasteiger charge is 2.58. The summed E-state index contributed by atoms with van der Waals surface area (Å²) in [5.74, 6) is 1.34. The minimum atomic E-state index is 0.0311. The molecule has 0 aromatic carbocycles. The lowest BCUT2D eigenvalue weighted by Gasteiger charge is -2.60. The van der Waals surface area contributed by atoms with Crippen LogP contribution in [0.5, 0.6) is 0 Å². The summed E-state index contributed by atoms with van der Waals surface area (Å²) in [5, 5.41) is 3.33. The van der Waals surface area contributed by atoms with Gasteiger partial charge in [0.25, 0.3) is 0 Å². The molecule has 5 nitrogen and oxygen atoms in total. The monoisotopic (exact) mass is 334 g/mol. The smallest absolute Gasteiger partial charge is 0.225 e. The Labute approximate surface area is 144 Å². The average Bonchev–Trinajstić information content (AvgIpc) is 3.44. The van der Waals surface area contributed by atoms with Gasteiger partial charge in [-0.1, -0.05) is 13.8 Å². The number of carbonyl (C=O) groups excluding carboxylic acids is 2. The summed E-state index contributed by atoms with van der Waals surface area (Å²) < 4.78 is 5.92. The van der Waals surface area contributed by atoms with Gasteiger partial charge in [-0.25, -0.2) is 0 Å². The van der Waals surface area contributed by atoms with Crippen molar-refractivity contribution >= 4 is 11.8 Å². The van der Waals surface area contributed by atoms with Crippen molar-refractivity contribution in [1.82, 2.24) is 10.2 Å². The number of rotatable bonds is 3. The first-order valence-corrected chi connectivity index (χ1v) is 9.69. The van der Waals surface area contributed by atoms with E-state index in [1.54, 1.807) is 0 Å². The van der Waals surface area contributed by atoms with Crippen LogP contribution in [0, 0.1) is 23.2 Å². The summed E-state index contributed by atoms with van der Waals surface area (Å²) >= 11 is 0. The Bertz CT molecular complexity index is 521. The van der Waals surface area contributed by atoms with Crippen molar-refractivity contribution in [1.29, 1.82) is 0 Å². The van der Waals surface area contributed by atoms with Crippen molar-refractivity contribution in [2.24, 2.45) is 23.2 Å². The second-order valence-electron chi connectivity index (χ2n) is 8.78. The molecule has 0 aromatic heterocycles. The Kier molecular flexibility index (Phi) is 4.10. The normalized spacial score (nSPS) is 35.8. The number of ether oxygens (including phenoxy) is 1. The highest BCUT2D eigenvalue weighted by atomic mass is 16.5. The first-order chi connectivity index (χ1) is 11.5. The summed E-state index contributed by atoms with van der Waals surface area (Å²) in [6.45, 7) is 6.77. The molecule has 0 bridgehead atoms. The molecule has 2 amide bonds. The van der Waals surface area contributed by atoms with Gasteiger partial charge in [0.05, 0.1) is 6.10 Å². The molecule has 0 aromatic rings. The van der Waals surface area contributed by atoms with Crippen molar-refractivity contribution in [3.63, 3.8) is 0 Å². The van der Waals surface area contributed by atoms with Gasteiger partial charge >= 0.3 is 0 Å². The lowest BCUT2D eigenvalue weighted by Crippen LogP contribution is -2.70. The third-order valence-electron chi connectivity index (χ3n) is 6.73. The Balaban J connectivity index is 1.30. The molecule has 2 saturated heterocycles. The fraction of sp³-hybridized carbons (Fsp3) is 0.895.